The SMILES string of the molecule is Cc1ccc(CN=C(NCCCN2CCOCC2)NCc2ccc([N+](=O)[O-])cc2)cc1.I. The van der Waals surface area contributed by atoms with E-state index in [4.69, 9.17) is 9.73 Å². The molecule has 0 aromatic heterocycles. The molecule has 1 fully saturated rings. The molecule has 0 radical (unpaired) electrons. The highest BCUT2D eigenvalue weighted by molar-refractivity contribution is 14.0. The fourth-order valence-corrected chi connectivity index (χ4v) is 3.29. The molecular formula is C23H32IN5O3. The minimum atomic E-state index is -0.387. The van der Waals surface area contributed by atoms with Crippen molar-refractivity contribution in [1.82, 2.24) is 15.5 Å². The Morgan fingerprint density at radius 3 is 2.38 bits per heavy atom. The summed E-state index contributed by atoms with van der Waals surface area (Å²) in [6.07, 6.45) is 1.02. The summed E-state index contributed by atoms with van der Waals surface area (Å²) in [5, 5.41) is 17.6. The first-order chi connectivity index (χ1) is 15.1. The number of nitrogens with one attached hydrogen (secondary N) is 2. The summed E-state index contributed by atoms with van der Waals surface area (Å²) in [4.78, 5) is 17.6. The van der Waals surface area contributed by atoms with Crippen molar-refractivity contribution in [2.75, 3.05) is 39.4 Å². The average Bonchev–Trinajstić information content (AvgIpc) is 2.80. The smallest absolute Gasteiger partial charge is 0.269 e. The van der Waals surface area contributed by atoms with E-state index in [-0.39, 0.29) is 34.6 Å². The van der Waals surface area contributed by atoms with Crippen molar-refractivity contribution in [3.05, 3.63) is 75.3 Å². The predicted octanol–water partition coefficient (Wildman–Crippen LogP) is 3.48. The summed E-state index contributed by atoms with van der Waals surface area (Å²) >= 11 is 0. The molecular weight excluding hydrogens is 521 g/mol. The monoisotopic (exact) mass is 553 g/mol. The molecule has 0 amide bonds. The summed E-state index contributed by atoms with van der Waals surface area (Å²) in [6, 6.07) is 14.9. The van der Waals surface area contributed by atoms with Gasteiger partial charge in [0, 0.05) is 38.3 Å². The number of guanidine groups is 1. The topological polar surface area (TPSA) is 92.0 Å². The zero-order valence-electron chi connectivity index (χ0n) is 18.5. The molecule has 1 heterocycles. The van der Waals surface area contributed by atoms with Crippen molar-refractivity contribution < 1.29 is 9.66 Å². The molecule has 0 atom stereocenters. The Kier molecular flexibility index (Phi) is 11.4. The van der Waals surface area contributed by atoms with Crippen LogP contribution in [0, 0.1) is 17.0 Å². The van der Waals surface area contributed by atoms with Crippen LogP contribution in [0.25, 0.3) is 0 Å². The zero-order chi connectivity index (χ0) is 21.9. The van der Waals surface area contributed by atoms with Crippen LogP contribution in [0.2, 0.25) is 0 Å². The van der Waals surface area contributed by atoms with Crippen molar-refractivity contribution in [2.24, 2.45) is 4.99 Å². The fraction of sp³-hybridized carbons (Fsp3) is 0.435. The number of hydrogen-bond acceptors (Lipinski definition) is 5. The number of aryl methyl sites for hydroxylation is 1. The molecule has 0 unspecified atom stereocenters. The summed E-state index contributed by atoms with van der Waals surface area (Å²) < 4.78 is 5.40. The Morgan fingerprint density at radius 1 is 1.06 bits per heavy atom. The lowest BCUT2D eigenvalue weighted by atomic mass is 10.1. The van der Waals surface area contributed by atoms with Gasteiger partial charge >= 0.3 is 0 Å². The first-order valence-electron chi connectivity index (χ1n) is 10.7. The van der Waals surface area contributed by atoms with E-state index in [1.807, 2.05) is 0 Å². The molecule has 1 aliphatic heterocycles. The van der Waals surface area contributed by atoms with E-state index in [2.05, 4.69) is 46.7 Å². The van der Waals surface area contributed by atoms with Gasteiger partial charge in [-0.05, 0) is 31.0 Å². The van der Waals surface area contributed by atoms with Crippen molar-refractivity contribution in [3.63, 3.8) is 0 Å². The number of non-ortho nitro benzene ring substituents is 1. The van der Waals surface area contributed by atoms with Crippen LogP contribution in [0.3, 0.4) is 0 Å². The quantitative estimate of drug-likeness (QED) is 0.123. The first-order valence-corrected chi connectivity index (χ1v) is 10.7. The number of ether oxygens (including phenoxy) is 1. The summed E-state index contributed by atoms with van der Waals surface area (Å²) in [5.41, 5.74) is 3.43. The standard InChI is InChI=1S/C23H31N5O3.HI/c1-19-3-5-20(6-4-19)17-25-23(24-11-2-12-27-13-15-31-16-14-27)26-18-21-7-9-22(10-8-21)28(29)30;/h3-10H,2,11-18H2,1H3,(H2,24,25,26);1H. The summed E-state index contributed by atoms with van der Waals surface area (Å²) in [5.74, 6) is 0.737. The molecule has 1 saturated heterocycles. The Labute approximate surface area is 206 Å². The number of benzene rings is 2. The molecule has 1 aliphatic rings. The van der Waals surface area contributed by atoms with Gasteiger partial charge in [0.05, 0.1) is 24.7 Å². The van der Waals surface area contributed by atoms with Gasteiger partial charge in [0.1, 0.15) is 0 Å². The maximum Gasteiger partial charge on any atom is 0.269 e. The van der Waals surface area contributed by atoms with Gasteiger partial charge in [0.25, 0.3) is 5.69 Å². The van der Waals surface area contributed by atoms with Gasteiger partial charge in [0.15, 0.2) is 5.96 Å². The number of nitrogens with zero attached hydrogens (tertiary/aromatic N) is 3. The molecule has 8 nitrogen and oxygen atoms in total. The minimum absolute atomic E-state index is 0. The van der Waals surface area contributed by atoms with E-state index < -0.39 is 0 Å². The van der Waals surface area contributed by atoms with Crippen LogP contribution in [0.4, 0.5) is 5.69 Å². The lowest BCUT2D eigenvalue weighted by molar-refractivity contribution is -0.384. The Bertz CT molecular complexity index is 853. The normalized spacial score (nSPS) is 14.5. The van der Waals surface area contributed by atoms with Crippen LogP contribution >= 0.6 is 24.0 Å². The predicted molar refractivity (Wildman–Crippen MR) is 138 cm³/mol. The molecule has 0 saturated carbocycles. The highest BCUT2D eigenvalue weighted by Gasteiger charge is 2.09. The van der Waals surface area contributed by atoms with E-state index in [0.29, 0.717) is 13.1 Å². The molecule has 2 aromatic rings. The second-order valence-corrected chi connectivity index (χ2v) is 7.66. The average molecular weight is 553 g/mol. The second kappa shape index (κ2) is 14.0. The van der Waals surface area contributed by atoms with Gasteiger partial charge in [-0.25, -0.2) is 4.99 Å². The van der Waals surface area contributed by atoms with Crippen LogP contribution in [0.15, 0.2) is 53.5 Å². The van der Waals surface area contributed by atoms with Crippen molar-refractivity contribution in [2.45, 2.75) is 26.4 Å². The Hall–Kier alpha value is -2.24. The number of rotatable bonds is 9. The van der Waals surface area contributed by atoms with Gasteiger partial charge < -0.3 is 15.4 Å². The maximum atomic E-state index is 10.8. The van der Waals surface area contributed by atoms with Gasteiger partial charge in [-0.15, -0.1) is 24.0 Å². The van der Waals surface area contributed by atoms with Crippen molar-refractivity contribution >= 4 is 35.6 Å². The van der Waals surface area contributed by atoms with Crippen molar-refractivity contribution in [1.29, 1.82) is 0 Å². The van der Waals surface area contributed by atoms with E-state index >= 15 is 0 Å². The number of aliphatic imine (C=N–C) groups is 1. The fourth-order valence-electron chi connectivity index (χ4n) is 3.29. The third-order valence-electron chi connectivity index (χ3n) is 5.19. The van der Waals surface area contributed by atoms with Crippen LogP contribution < -0.4 is 10.6 Å². The lowest BCUT2D eigenvalue weighted by Crippen LogP contribution is -2.40. The van der Waals surface area contributed by atoms with Crippen molar-refractivity contribution in [3.8, 4) is 0 Å². The third-order valence-corrected chi connectivity index (χ3v) is 5.19. The maximum absolute atomic E-state index is 10.8. The second-order valence-electron chi connectivity index (χ2n) is 7.66. The van der Waals surface area contributed by atoms with Gasteiger partial charge in [0.2, 0.25) is 0 Å². The number of hydrogen-bond donors (Lipinski definition) is 2. The minimum Gasteiger partial charge on any atom is -0.379 e. The molecule has 174 valence electrons. The summed E-state index contributed by atoms with van der Waals surface area (Å²) in [7, 11) is 0. The van der Waals surface area contributed by atoms with Crippen LogP contribution in [0.1, 0.15) is 23.1 Å². The highest BCUT2D eigenvalue weighted by atomic mass is 127. The molecule has 0 aliphatic carbocycles. The molecule has 3 rings (SSSR count). The number of nitro groups is 1. The lowest BCUT2D eigenvalue weighted by Gasteiger charge is -2.26. The van der Waals surface area contributed by atoms with E-state index in [1.54, 1.807) is 12.1 Å². The van der Waals surface area contributed by atoms with E-state index in [9.17, 15) is 10.1 Å². The number of halogens is 1. The van der Waals surface area contributed by atoms with Gasteiger partial charge in [-0.2, -0.15) is 0 Å². The first kappa shape index (κ1) is 26.0. The Balaban J connectivity index is 0.00000363. The molecule has 32 heavy (non-hydrogen) atoms. The summed E-state index contributed by atoms with van der Waals surface area (Å²) in [6.45, 7) is 8.66. The molecule has 0 spiro atoms. The van der Waals surface area contributed by atoms with E-state index in [0.717, 1.165) is 62.9 Å². The molecule has 2 N–H and O–H groups in total. The number of morpholine rings is 1. The van der Waals surface area contributed by atoms with Crippen LogP contribution in [0.5, 0.6) is 0 Å². The largest absolute Gasteiger partial charge is 0.379 e. The van der Waals surface area contributed by atoms with Gasteiger partial charge in [-0.3, -0.25) is 15.0 Å². The zero-order valence-corrected chi connectivity index (χ0v) is 20.8. The number of nitro benzene ring substituents is 1. The molecule has 2 aromatic carbocycles. The van der Waals surface area contributed by atoms with Gasteiger partial charge in [-0.1, -0.05) is 42.0 Å². The van der Waals surface area contributed by atoms with Crippen LogP contribution in [-0.4, -0.2) is 55.2 Å². The van der Waals surface area contributed by atoms with Crippen LogP contribution in [-0.2, 0) is 17.8 Å². The Morgan fingerprint density at radius 2 is 1.72 bits per heavy atom. The molecule has 9 heteroatoms. The highest BCUT2D eigenvalue weighted by Crippen LogP contribution is 2.11. The molecule has 0 bridgehead atoms. The van der Waals surface area contributed by atoms with E-state index in [1.165, 1.54) is 17.7 Å². The third kappa shape index (κ3) is 9.09.